The molecule has 3 heterocycles. The number of nitrogens with zero attached hydrogens (tertiary/aromatic N) is 2. The number of carbonyl (C=O) groups is 1. The van der Waals surface area contributed by atoms with Crippen molar-refractivity contribution in [2.24, 2.45) is 0 Å². The number of ether oxygens (including phenoxy) is 1. The highest BCUT2D eigenvalue weighted by molar-refractivity contribution is 6.30. The molecule has 126 valence electrons. The summed E-state index contributed by atoms with van der Waals surface area (Å²) in [5, 5.41) is 11.5. The number of morpholine rings is 1. The molecule has 1 saturated heterocycles. The first kappa shape index (κ1) is 15.6. The molecule has 1 fully saturated rings. The van der Waals surface area contributed by atoms with E-state index in [-0.39, 0.29) is 12.0 Å². The molecule has 0 aliphatic carbocycles. The highest BCUT2D eigenvalue weighted by atomic mass is 35.5. The number of aromatic amines is 1. The fourth-order valence-electron chi connectivity index (χ4n) is 3.26. The quantitative estimate of drug-likeness (QED) is 0.866. The van der Waals surface area contributed by atoms with Gasteiger partial charge in [0, 0.05) is 54.4 Å². The largest absolute Gasteiger partial charge is 0.366 e. The van der Waals surface area contributed by atoms with Crippen molar-refractivity contribution in [1.29, 1.82) is 0 Å². The Hall–Kier alpha value is -1.89. The minimum absolute atomic E-state index is 0.0520. The number of hydrogen-bond donors (Lipinski definition) is 2. The number of aromatic nitrogens is 2. The molecule has 2 aliphatic heterocycles. The molecule has 7 heteroatoms. The fraction of sp³-hybridized carbons (Fsp3) is 0.412. The molecule has 1 aromatic heterocycles. The average Bonchev–Trinajstić information content (AvgIpc) is 3.05. The van der Waals surface area contributed by atoms with Gasteiger partial charge in [0.25, 0.3) is 5.91 Å². The molecular formula is C17H19ClN4O2. The predicted octanol–water partition coefficient (Wildman–Crippen LogP) is 1.60. The number of hydrogen-bond acceptors (Lipinski definition) is 4. The first-order valence-corrected chi connectivity index (χ1v) is 8.53. The van der Waals surface area contributed by atoms with Crippen LogP contribution in [0.2, 0.25) is 5.02 Å². The Kier molecular flexibility index (Phi) is 4.26. The molecule has 1 amide bonds. The molecule has 0 radical (unpaired) electrons. The van der Waals surface area contributed by atoms with Crippen molar-refractivity contribution in [2.45, 2.75) is 19.1 Å². The lowest BCUT2D eigenvalue weighted by Gasteiger charge is -2.32. The Morgan fingerprint density at radius 2 is 2.17 bits per heavy atom. The summed E-state index contributed by atoms with van der Waals surface area (Å²) in [6.45, 7) is 3.21. The van der Waals surface area contributed by atoms with Gasteiger partial charge >= 0.3 is 0 Å². The monoisotopic (exact) mass is 346 g/mol. The Bertz CT molecular complexity index is 738. The van der Waals surface area contributed by atoms with Crippen molar-refractivity contribution in [1.82, 2.24) is 20.4 Å². The zero-order valence-corrected chi connectivity index (χ0v) is 14.0. The van der Waals surface area contributed by atoms with Gasteiger partial charge < -0.3 is 15.0 Å². The van der Waals surface area contributed by atoms with Gasteiger partial charge in [0.05, 0.1) is 12.3 Å². The summed E-state index contributed by atoms with van der Waals surface area (Å²) >= 11 is 5.97. The van der Waals surface area contributed by atoms with Crippen molar-refractivity contribution < 1.29 is 9.53 Å². The molecule has 0 unspecified atom stereocenters. The van der Waals surface area contributed by atoms with Gasteiger partial charge in [-0.05, 0) is 12.1 Å². The van der Waals surface area contributed by atoms with Crippen LogP contribution in [0.25, 0.3) is 11.3 Å². The highest BCUT2D eigenvalue weighted by Gasteiger charge is 2.31. The Labute approximate surface area is 145 Å². The van der Waals surface area contributed by atoms with Crippen molar-refractivity contribution in [3.8, 4) is 11.3 Å². The van der Waals surface area contributed by atoms with Crippen LogP contribution in [0.4, 0.5) is 0 Å². The molecule has 1 atom stereocenters. The van der Waals surface area contributed by atoms with Crippen molar-refractivity contribution in [2.75, 3.05) is 26.2 Å². The first-order valence-electron chi connectivity index (χ1n) is 8.15. The Morgan fingerprint density at radius 1 is 1.33 bits per heavy atom. The minimum atomic E-state index is -0.383. The molecule has 2 N–H and O–H groups in total. The van der Waals surface area contributed by atoms with E-state index in [1.165, 1.54) is 0 Å². The molecule has 6 nitrogen and oxygen atoms in total. The lowest BCUT2D eigenvalue weighted by molar-refractivity contribution is -0.146. The number of rotatable bonds is 2. The zero-order chi connectivity index (χ0) is 16.5. The number of benzene rings is 1. The number of halogens is 1. The van der Waals surface area contributed by atoms with E-state index in [1.807, 2.05) is 29.2 Å². The van der Waals surface area contributed by atoms with Crippen LogP contribution in [0.1, 0.15) is 11.3 Å². The molecular weight excluding hydrogens is 328 g/mol. The third-order valence-electron chi connectivity index (χ3n) is 4.57. The molecule has 2 aliphatic rings. The van der Waals surface area contributed by atoms with E-state index in [4.69, 9.17) is 16.3 Å². The van der Waals surface area contributed by atoms with Crippen molar-refractivity contribution >= 4 is 17.5 Å². The second-order valence-corrected chi connectivity index (χ2v) is 6.55. The number of fused-ring (bicyclic) bond motifs is 1. The molecule has 4 rings (SSSR count). The topological polar surface area (TPSA) is 70.2 Å². The van der Waals surface area contributed by atoms with Gasteiger partial charge in [0.2, 0.25) is 0 Å². The summed E-state index contributed by atoms with van der Waals surface area (Å²) < 4.78 is 5.60. The SMILES string of the molecule is O=C([C@@H]1CNCCO1)N1CCc2[nH]nc(-c3ccc(Cl)cc3)c2C1. The van der Waals surface area contributed by atoms with Gasteiger partial charge in [-0.3, -0.25) is 9.89 Å². The van der Waals surface area contributed by atoms with Crippen molar-refractivity contribution in [3.05, 3.63) is 40.5 Å². The summed E-state index contributed by atoms with van der Waals surface area (Å²) in [4.78, 5) is 14.6. The van der Waals surface area contributed by atoms with Gasteiger partial charge in [-0.1, -0.05) is 23.7 Å². The Morgan fingerprint density at radius 3 is 2.92 bits per heavy atom. The number of H-pyrrole nitrogens is 1. The molecule has 24 heavy (non-hydrogen) atoms. The van der Waals surface area contributed by atoms with E-state index in [0.717, 1.165) is 35.5 Å². The summed E-state index contributed by atoms with van der Waals surface area (Å²) in [5.74, 6) is 0.0520. The van der Waals surface area contributed by atoms with E-state index in [0.29, 0.717) is 31.3 Å². The second-order valence-electron chi connectivity index (χ2n) is 6.11. The van der Waals surface area contributed by atoms with Gasteiger partial charge in [0.1, 0.15) is 6.10 Å². The molecule has 0 spiro atoms. The molecule has 1 aromatic carbocycles. The smallest absolute Gasteiger partial charge is 0.253 e. The summed E-state index contributed by atoms with van der Waals surface area (Å²) in [5.41, 5.74) is 4.08. The van der Waals surface area contributed by atoms with Crippen LogP contribution in [-0.4, -0.2) is 53.3 Å². The van der Waals surface area contributed by atoms with E-state index in [2.05, 4.69) is 15.5 Å². The van der Waals surface area contributed by atoms with E-state index >= 15 is 0 Å². The fourth-order valence-corrected chi connectivity index (χ4v) is 3.38. The average molecular weight is 347 g/mol. The van der Waals surface area contributed by atoms with Crippen LogP contribution in [0.15, 0.2) is 24.3 Å². The van der Waals surface area contributed by atoms with E-state index < -0.39 is 0 Å². The number of amides is 1. The summed E-state index contributed by atoms with van der Waals surface area (Å²) in [6.07, 6.45) is 0.396. The third kappa shape index (κ3) is 2.92. The minimum Gasteiger partial charge on any atom is -0.366 e. The second kappa shape index (κ2) is 6.55. The third-order valence-corrected chi connectivity index (χ3v) is 4.82. The maximum Gasteiger partial charge on any atom is 0.253 e. The van der Waals surface area contributed by atoms with Crippen LogP contribution in [0.3, 0.4) is 0 Å². The maximum atomic E-state index is 12.7. The summed E-state index contributed by atoms with van der Waals surface area (Å²) in [6, 6.07) is 7.61. The molecule has 0 bridgehead atoms. The van der Waals surface area contributed by atoms with E-state index in [1.54, 1.807) is 0 Å². The zero-order valence-electron chi connectivity index (χ0n) is 13.2. The normalized spacial score (nSPS) is 20.7. The van der Waals surface area contributed by atoms with Gasteiger partial charge in [0.15, 0.2) is 0 Å². The van der Waals surface area contributed by atoms with Gasteiger partial charge in [-0.15, -0.1) is 0 Å². The van der Waals surface area contributed by atoms with Gasteiger partial charge in [-0.25, -0.2) is 0 Å². The van der Waals surface area contributed by atoms with Crippen LogP contribution in [-0.2, 0) is 22.5 Å². The lowest BCUT2D eigenvalue weighted by atomic mass is 10.0. The van der Waals surface area contributed by atoms with E-state index in [9.17, 15) is 4.79 Å². The first-order chi connectivity index (χ1) is 11.7. The lowest BCUT2D eigenvalue weighted by Crippen LogP contribution is -2.50. The maximum absolute atomic E-state index is 12.7. The van der Waals surface area contributed by atoms with Gasteiger partial charge in [-0.2, -0.15) is 5.10 Å². The summed E-state index contributed by atoms with van der Waals surface area (Å²) in [7, 11) is 0. The predicted molar refractivity (Wildman–Crippen MR) is 90.8 cm³/mol. The van der Waals surface area contributed by atoms with Crippen LogP contribution in [0.5, 0.6) is 0 Å². The standard InChI is InChI=1S/C17H19ClN4O2/c18-12-3-1-11(2-4-12)16-13-10-22(7-5-14(13)20-21-16)17(23)15-9-19-6-8-24-15/h1-4,15,19H,5-10H2,(H,20,21)/t15-/m0/s1. The number of carbonyl (C=O) groups excluding carboxylic acids is 1. The van der Waals surface area contributed by atoms with Crippen LogP contribution in [0, 0.1) is 0 Å². The van der Waals surface area contributed by atoms with Crippen molar-refractivity contribution in [3.63, 3.8) is 0 Å². The van der Waals surface area contributed by atoms with Crippen LogP contribution < -0.4 is 5.32 Å². The van der Waals surface area contributed by atoms with Crippen LogP contribution >= 0.6 is 11.6 Å². The molecule has 2 aromatic rings. The molecule has 0 saturated carbocycles. The Balaban J connectivity index is 1.56. The number of nitrogens with one attached hydrogen (secondary N) is 2. The highest BCUT2D eigenvalue weighted by Crippen LogP contribution is 2.29.